The lowest BCUT2D eigenvalue weighted by atomic mass is 9.98. The van der Waals surface area contributed by atoms with Crippen LogP contribution in [-0.4, -0.2) is 63.1 Å². The summed E-state index contributed by atoms with van der Waals surface area (Å²) in [5, 5.41) is 18.8. The Morgan fingerprint density at radius 3 is 2.67 bits per heavy atom. The van der Waals surface area contributed by atoms with E-state index in [1.165, 1.54) is 0 Å². The summed E-state index contributed by atoms with van der Waals surface area (Å²) in [6.45, 7) is 2.19. The first kappa shape index (κ1) is 17.0. The van der Waals surface area contributed by atoms with Crippen molar-refractivity contribution < 1.29 is 19.7 Å². The number of thioether (sulfide) groups is 1. The molecule has 0 aliphatic carbocycles. The van der Waals surface area contributed by atoms with Gasteiger partial charge in [0.2, 0.25) is 0 Å². The van der Waals surface area contributed by atoms with Gasteiger partial charge in [-0.15, -0.1) is 0 Å². The fourth-order valence-electron chi connectivity index (χ4n) is 2.76. The van der Waals surface area contributed by atoms with Gasteiger partial charge in [0.1, 0.15) is 4.32 Å². The highest BCUT2D eigenvalue weighted by molar-refractivity contribution is 8.22. The van der Waals surface area contributed by atoms with Gasteiger partial charge in [-0.25, -0.2) is 0 Å². The Bertz CT molecular complexity index is 372. The summed E-state index contributed by atoms with van der Waals surface area (Å²) in [6.07, 6.45) is 3.48. The molecule has 21 heavy (non-hydrogen) atoms. The van der Waals surface area contributed by atoms with E-state index in [1.807, 2.05) is 0 Å². The van der Waals surface area contributed by atoms with Gasteiger partial charge in [0, 0.05) is 25.4 Å². The second-order valence-electron chi connectivity index (χ2n) is 5.62. The van der Waals surface area contributed by atoms with Crippen molar-refractivity contribution >= 4 is 34.3 Å². The van der Waals surface area contributed by atoms with E-state index in [2.05, 4.69) is 4.90 Å². The Balaban J connectivity index is 1.65. The Kier molecular flexibility index (Phi) is 6.73. The number of hydrogen-bond donors (Lipinski definition) is 2. The standard InChI is InChI=1S/C14H23NO4S2/c16-11-2-1-8-19-12(11)5-9-21-14(20)15-6-3-10(4-7-15)13(17)18/h10-12,16H,1-9H2,(H,17,18)/t11-,12-/m0/s1. The number of ether oxygens (including phenoxy) is 1. The fourth-order valence-corrected chi connectivity index (χ4v) is 4.09. The van der Waals surface area contributed by atoms with Crippen LogP contribution in [0.4, 0.5) is 0 Å². The molecule has 2 aliphatic rings. The van der Waals surface area contributed by atoms with E-state index in [0.29, 0.717) is 12.8 Å². The number of hydrogen-bond acceptors (Lipinski definition) is 5. The molecule has 7 heteroatoms. The second-order valence-corrected chi connectivity index (χ2v) is 7.35. The Morgan fingerprint density at radius 2 is 2.05 bits per heavy atom. The van der Waals surface area contributed by atoms with E-state index in [9.17, 15) is 9.90 Å². The summed E-state index contributed by atoms with van der Waals surface area (Å²) in [5.74, 6) is -0.0872. The van der Waals surface area contributed by atoms with Crippen LogP contribution in [0.2, 0.25) is 0 Å². The van der Waals surface area contributed by atoms with Gasteiger partial charge in [-0.2, -0.15) is 0 Å². The van der Waals surface area contributed by atoms with Gasteiger partial charge < -0.3 is 19.8 Å². The predicted octanol–water partition coefficient (Wildman–Crippen LogP) is 1.73. The maximum atomic E-state index is 10.9. The van der Waals surface area contributed by atoms with Gasteiger partial charge in [0.05, 0.1) is 18.1 Å². The van der Waals surface area contributed by atoms with Crippen molar-refractivity contribution in [2.45, 2.75) is 44.3 Å². The summed E-state index contributed by atoms with van der Waals surface area (Å²) >= 11 is 7.02. The summed E-state index contributed by atoms with van der Waals surface area (Å²) < 4.78 is 6.41. The lowest BCUT2D eigenvalue weighted by Crippen LogP contribution is -2.38. The van der Waals surface area contributed by atoms with Crippen LogP contribution in [0.1, 0.15) is 32.1 Å². The molecule has 2 saturated heterocycles. The third-order valence-electron chi connectivity index (χ3n) is 4.14. The zero-order valence-electron chi connectivity index (χ0n) is 12.1. The molecule has 0 amide bonds. The minimum Gasteiger partial charge on any atom is -0.481 e. The number of thiocarbonyl (C=S) groups is 1. The van der Waals surface area contributed by atoms with Crippen LogP contribution in [0, 0.1) is 5.92 Å². The van der Waals surface area contributed by atoms with E-state index in [1.54, 1.807) is 11.8 Å². The number of aliphatic hydroxyl groups excluding tert-OH is 1. The van der Waals surface area contributed by atoms with Crippen molar-refractivity contribution in [2.75, 3.05) is 25.4 Å². The first-order valence-electron chi connectivity index (χ1n) is 7.52. The molecule has 2 rings (SSSR count). The zero-order chi connectivity index (χ0) is 15.2. The van der Waals surface area contributed by atoms with Gasteiger partial charge in [0.25, 0.3) is 0 Å². The van der Waals surface area contributed by atoms with Crippen LogP contribution in [0.25, 0.3) is 0 Å². The molecule has 0 aromatic carbocycles. The lowest BCUT2D eigenvalue weighted by Gasteiger charge is -2.32. The minimum absolute atomic E-state index is 0.0632. The molecule has 0 unspecified atom stereocenters. The number of piperidine rings is 1. The monoisotopic (exact) mass is 333 g/mol. The summed E-state index contributed by atoms with van der Waals surface area (Å²) in [4.78, 5) is 13.0. The van der Waals surface area contributed by atoms with Crippen molar-refractivity contribution in [3.05, 3.63) is 0 Å². The van der Waals surface area contributed by atoms with Gasteiger partial charge in [-0.05, 0) is 32.1 Å². The molecule has 0 aromatic heterocycles. The van der Waals surface area contributed by atoms with E-state index in [-0.39, 0.29) is 18.1 Å². The number of nitrogens with zero attached hydrogens (tertiary/aromatic N) is 1. The van der Waals surface area contributed by atoms with Crippen molar-refractivity contribution in [1.82, 2.24) is 4.90 Å². The zero-order valence-corrected chi connectivity index (χ0v) is 13.7. The number of aliphatic carboxylic acids is 1. The molecule has 0 saturated carbocycles. The van der Waals surface area contributed by atoms with Crippen LogP contribution in [0.5, 0.6) is 0 Å². The minimum atomic E-state index is -0.698. The van der Waals surface area contributed by atoms with E-state index in [0.717, 1.165) is 49.0 Å². The van der Waals surface area contributed by atoms with Gasteiger partial charge in [-0.1, -0.05) is 24.0 Å². The first-order valence-corrected chi connectivity index (χ1v) is 8.91. The maximum absolute atomic E-state index is 10.9. The molecular formula is C14H23NO4S2. The number of carboxylic acids is 1. The van der Waals surface area contributed by atoms with Crippen LogP contribution in [0.3, 0.4) is 0 Å². The van der Waals surface area contributed by atoms with Crippen LogP contribution in [0.15, 0.2) is 0 Å². The largest absolute Gasteiger partial charge is 0.481 e. The number of rotatable bonds is 4. The normalized spacial score (nSPS) is 27.6. The molecule has 2 fully saturated rings. The third kappa shape index (κ3) is 5.09. The molecule has 2 heterocycles. The average molecular weight is 333 g/mol. The average Bonchev–Trinajstić information content (AvgIpc) is 2.49. The fraction of sp³-hybridized carbons (Fsp3) is 0.857. The lowest BCUT2D eigenvalue weighted by molar-refractivity contribution is -0.142. The van der Waals surface area contributed by atoms with Crippen molar-refractivity contribution in [1.29, 1.82) is 0 Å². The summed E-state index contributed by atoms with van der Waals surface area (Å²) in [6, 6.07) is 0. The summed E-state index contributed by atoms with van der Waals surface area (Å²) in [5.41, 5.74) is 0. The summed E-state index contributed by atoms with van der Waals surface area (Å²) in [7, 11) is 0. The molecule has 2 aliphatic heterocycles. The smallest absolute Gasteiger partial charge is 0.306 e. The number of carbonyl (C=O) groups is 1. The molecule has 0 bridgehead atoms. The van der Waals surface area contributed by atoms with Crippen LogP contribution >= 0.6 is 24.0 Å². The highest BCUT2D eigenvalue weighted by Gasteiger charge is 2.26. The van der Waals surface area contributed by atoms with Crippen molar-refractivity contribution in [3.63, 3.8) is 0 Å². The molecule has 2 N–H and O–H groups in total. The van der Waals surface area contributed by atoms with Crippen LogP contribution in [-0.2, 0) is 9.53 Å². The Labute approximate surface area is 135 Å². The van der Waals surface area contributed by atoms with E-state index < -0.39 is 5.97 Å². The molecule has 120 valence electrons. The predicted molar refractivity (Wildman–Crippen MR) is 86.6 cm³/mol. The first-order chi connectivity index (χ1) is 10.1. The van der Waals surface area contributed by atoms with Crippen LogP contribution < -0.4 is 0 Å². The SMILES string of the molecule is O=C(O)C1CCN(C(=S)SCC[C@@H]2OCCC[C@@H]2O)CC1. The maximum Gasteiger partial charge on any atom is 0.306 e. The molecule has 2 atom stereocenters. The third-order valence-corrected chi connectivity index (χ3v) is 5.69. The second kappa shape index (κ2) is 8.31. The number of aliphatic hydroxyl groups is 1. The van der Waals surface area contributed by atoms with Gasteiger partial charge >= 0.3 is 5.97 Å². The van der Waals surface area contributed by atoms with Crippen molar-refractivity contribution in [2.24, 2.45) is 5.92 Å². The molecule has 5 nitrogen and oxygen atoms in total. The Hall–Kier alpha value is -0.370. The van der Waals surface area contributed by atoms with E-state index >= 15 is 0 Å². The van der Waals surface area contributed by atoms with Gasteiger partial charge in [0.15, 0.2) is 0 Å². The van der Waals surface area contributed by atoms with E-state index in [4.69, 9.17) is 22.1 Å². The molecule has 0 aromatic rings. The highest BCUT2D eigenvalue weighted by Crippen LogP contribution is 2.23. The quantitative estimate of drug-likeness (QED) is 0.759. The number of carboxylic acid groups (broad SMARTS) is 1. The van der Waals surface area contributed by atoms with Gasteiger partial charge in [-0.3, -0.25) is 4.79 Å². The molecule has 0 spiro atoms. The molecule has 0 radical (unpaired) electrons. The molecular weight excluding hydrogens is 310 g/mol. The Morgan fingerprint density at radius 1 is 1.33 bits per heavy atom. The highest BCUT2D eigenvalue weighted by atomic mass is 32.2. The number of likely N-dealkylation sites (tertiary alicyclic amines) is 1. The topological polar surface area (TPSA) is 70.0 Å². The van der Waals surface area contributed by atoms with Crippen molar-refractivity contribution in [3.8, 4) is 0 Å².